The van der Waals surface area contributed by atoms with E-state index in [4.69, 9.17) is 16.0 Å². The molecule has 2 aliphatic rings. The second-order valence-electron chi connectivity index (χ2n) is 7.29. The van der Waals surface area contributed by atoms with Gasteiger partial charge in [-0.15, -0.1) is 0 Å². The summed E-state index contributed by atoms with van der Waals surface area (Å²) in [6.07, 6.45) is 6.98. The molecule has 2 heterocycles. The van der Waals surface area contributed by atoms with Gasteiger partial charge in [0.05, 0.1) is 28.6 Å². The molecule has 1 aliphatic carbocycles. The van der Waals surface area contributed by atoms with E-state index in [1.165, 1.54) is 24.8 Å². The maximum Gasteiger partial charge on any atom is 0.142 e. The quantitative estimate of drug-likeness (QED) is 0.654. The first kappa shape index (κ1) is 16.8. The van der Waals surface area contributed by atoms with Crippen molar-refractivity contribution in [2.45, 2.75) is 57.5 Å². The lowest BCUT2D eigenvalue weighted by molar-refractivity contribution is 0.250. The molecule has 1 aliphatic heterocycles. The Morgan fingerprint density at radius 2 is 2.08 bits per heavy atom. The molecule has 4 nitrogen and oxygen atoms in total. The van der Waals surface area contributed by atoms with Crippen molar-refractivity contribution in [1.82, 2.24) is 10.6 Å². The van der Waals surface area contributed by atoms with Gasteiger partial charge in [-0.1, -0.05) is 44.4 Å². The van der Waals surface area contributed by atoms with Crippen molar-refractivity contribution in [3.05, 3.63) is 40.9 Å². The van der Waals surface area contributed by atoms with Crippen molar-refractivity contribution in [3.8, 4) is 0 Å². The van der Waals surface area contributed by atoms with Crippen LogP contribution in [0.3, 0.4) is 0 Å². The number of furan rings is 1. The minimum absolute atomic E-state index is 0.120. The molecule has 0 radical (unpaired) electrons. The molecule has 1 spiro atoms. The van der Waals surface area contributed by atoms with E-state index >= 15 is 0 Å². The Morgan fingerprint density at radius 3 is 2.84 bits per heavy atom. The van der Waals surface area contributed by atoms with Crippen molar-refractivity contribution < 1.29 is 4.42 Å². The zero-order valence-corrected chi connectivity index (χ0v) is 15.6. The summed E-state index contributed by atoms with van der Waals surface area (Å²) in [6.45, 7) is 8.02. The number of rotatable bonds is 4. The molecule has 2 aromatic rings. The standard InChI is InChI=1S/C20H26ClN3O/c1-3-9-22-12-15-10-14-11-16(21)18-17(19(14)25-15)20(24-13(2)23-18)7-5-4-6-8-20/h10-11,22-24H,2-9,12H2,1H3. The van der Waals surface area contributed by atoms with Crippen LogP contribution >= 0.6 is 11.6 Å². The third-order valence-electron chi connectivity index (χ3n) is 5.39. The summed E-state index contributed by atoms with van der Waals surface area (Å²) in [5, 5.41) is 12.2. The average molecular weight is 360 g/mol. The van der Waals surface area contributed by atoms with Crippen molar-refractivity contribution >= 4 is 28.3 Å². The van der Waals surface area contributed by atoms with Crippen LogP contribution < -0.4 is 16.0 Å². The highest BCUT2D eigenvalue weighted by atomic mass is 35.5. The molecule has 0 saturated heterocycles. The van der Waals surface area contributed by atoms with Gasteiger partial charge in [0.15, 0.2) is 0 Å². The molecule has 1 fully saturated rings. The van der Waals surface area contributed by atoms with Gasteiger partial charge in [0.1, 0.15) is 11.3 Å². The van der Waals surface area contributed by atoms with Gasteiger partial charge in [0, 0.05) is 10.9 Å². The molecule has 1 aromatic carbocycles. The minimum Gasteiger partial charge on any atom is -0.459 e. The van der Waals surface area contributed by atoms with E-state index in [1.54, 1.807) is 0 Å². The summed E-state index contributed by atoms with van der Waals surface area (Å²) in [6, 6.07) is 4.12. The Bertz CT molecular complexity index is 805. The van der Waals surface area contributed by atoms with E-state index in [-0.39, 0.29) is 5.54 Å². The molecule has 4 rings (SSSR count). The number of anilines is 1. The number of halogens is 1. The Balaban J connectivity index is 1.84. The fourth-order valence-corrected chi connectivity index (χ4v) is 4.58. The van der Waals surface area contributed by atoms with E-state index in [1.807, 2.05) is 6.07 Å². The predicted molar refractivity (Wildman–Crippen MR) is 104 cm³/mol. The average Bonchev–Trinajstić information content (AvgIpc) is 2.98. The zero-order valence-electron chi connectivity index (χ0n) is 14.8. The van der Waals surface area contributed by atoms with E-state index < -0.39 is 0 Å². The van der Waals surface area contributed by atoms with Gasteiger partial charge in [-0.3, -0.25) is 0 Å². The number of nitrogens with one attached hydrogen (secondary N) is 3. The maximum absolute atomic E-state index is 6.64. The molecule has 5 heteroatoms. The van der Waals surface area contributed by atoms with Crippen molar-refractivity contribution in [1.29, 1.82) is 0 Å². The highest BCUT2D eigenvalue weighted by Gasteiger charge is 2.42. The fraction of sp³-hybridized carbons (Fsp3) is 0.500. The Hall–Kier alpha value is -1.65. The molecule has 1 aromatic heterocycles. The van der Waals surface area contributed by atoms with Crippen LogP contribution in [-0.2, 0) is 12.1 Å². The molecule has 134 valence electrons. The smallest absolute Gasteiger partial charge is 0.142 e. The van der Waals surface area contributed by atoms with E-state index in [0.29, 0.717) is 0 Å². The largest absolute Gasteiger partial charge is 0.459 e. The monoisotopic (exact) mass is 359 g/mol. The first-order valence-electron chi connectivity index (χ1n) is 9.33. The topological polar surface area (TPSA) is 49.2 Å². The lowest BCUT2D eigenvalue weighted by Crippen LogP contribution is -2.48. The van der Waals surface area contributed by atoms with Crippen molar-refractivity contribution in [2.75, 3.05) is 11.9 Å². The van der Waals surface area contributed by atoms with Gasteiger partial charge >= 0.3 is 0 Å². The summed E-state index contributed by atoms with van der Waals surface area (Å²) in [4.78, 5) is 0. The number of fused-ring (bicyclic) bond motifs is 4. The summed E-state index contributed by atoms with van der Waals surface area (Å²) in [7, 11) is 0. The molecule has 0 amide bonds. The molecular formula is C20H26ClN3O. The third kappa shape index (κ3) is 2.91. The SMILES string of the molecule is C=C1Nc2c(Cl)cc3cc(CNCCC)oc3c2C2(CCCCC2)N1. The minimum atomic E-state index is -0.120. The maximum atomic E-state index is 6.64. The van der Waals surface area contributed by atoms with Crippen LogP contribution in [0.2, 0.25) is 5.02 Å². The predicted octanol–water partition coefficient (Wildman–Crippen LogP) is 5.23. The van der Waals surface area contributed by atoms with Crippen LogP contribution in [0.25, 0.3) is 11.0 Å². The van der Waals surface area contributed by atoms with Gasteiger partial charge in [-0.05, 0) is 37.9 Å². The zero-order chi connectivity index (χ0) is 17.4. The molecule has 0 atom stereocenters. The fourth-order valence-electron chi connectivity index (χ4n) is 4.32. The molecule has 25 heavy (non-hydrogen) atoms. The number of benzene rings is 1. The third-order valence-corrected chi connectivity index (χ3v) is 5.69. The van der Waals surface area contributed by atoms with E-state index in [2.05, 4.69) is 35.5 Å². The number of hydrogen-bond donors (Lipinski definition) is 3. The highest BCUT2D eigenvalue weighted by molar-refractivity contribution is 6.34. The second-order valence-corrected chi connectivity index (χ2v) is 7.69. The summed E-state index contributed by atoms with van der Waals surface area (Å²) < 4.78 is 6.30. The van der Waals surface area contributed by atoms with Crippen LogP contribution in [0.5, 0.6) is 0 Å². The molecular weight excluding hydrogens is 334 g/mol. The normalized spacial score (nSPS) is 18.9. The van der Waals surface area contributed by atoms with E-state index in [0.717, 1.165) is 65.6 Å². The van der Waals surface area contributed by atoms with Gasteiger partial charge in [-0.25, -0.2) is 0 Å². The first-order chi connectivity index (χ1) is 12.1. The van der Waals surface area contributed by atoms with Gasteiger partial charge < -0.3 is 20.4 Å². The molecule has 0 unspecified atom stereocenters. The lowest BCUT2D eigenvalue weighted by Gasteiger charge is -2.44. The summed E-state index contributed by atoms with van der Waals surface area (Å²) in [5.74, 6) is 1.79. The van der Waals surface area contributed by atoms with Crippen LogP contribution in [0, 0.1) is 0 Å². The highest BCUT2D eigenvalue weighted by Crippen LogP contribution is 2.49. The van der Waals surface area contributed by atoms with Gasteiger partial charge in [0.25, 0.3) is 0 Å². The Kier molecular flexibility index (Phi) is 4.42. The lowest BCUT2D eigenvalue weighted by atomic mass is 9.74. The van der Waals surface area contributed by atoms with Gasteiger partial charge in [-0.2, -0.15) is 0 Å². The van der Waals surface area contributed by atoms with Crippen molar-refractivity contribution in [2.24, 2.45) is 0 Å². The van der Waals surface area contributed by atoms with E-state index in [9.17, 15) is 0 Å². The Morgan fingerprint density at radius 1 is 1.28 bits per heavy atom. The molecule has 3 N–H and O–H groups in total. The second kappa shape index (κ2) is 6.58. The molecule has 0 bridgehead atoms. The van der Waals surface area contributed by atoms with Crippen LogP contribution in [0.15, 0.2) is 28.9 Å². The van der Waals surface area contributed by atoms with Crippen molar-refractivity contribution in [3.63, 3.8) is 0 Å². The summed E-state index contributed by atoms with van der Waals surface area (Å²) in [5.41, 5.74) is 2.98. The summed E-state index contributed by atoms with van der Waals surface area (Å²) >= 11 is 6.64. The van der Waals surface area contributed by atoms with Crippen LogP contribution in [0.1, 0.15) is 56.8 Å². The molecule has 1 saturated carbocycles. The van der Waals surface area contributed by atoms with Crippen LogP contribution in [0.4, 0.5) is 5.69 Å². The number of hydrogen-bond acceptors (Lipinski definition) is 4. The Labute approximate surface area is 154 Å². The first-order valence-corrected chi connectivity index (χ1v) is 9.71. The van der Waals surface area contributed by atoms with Gasteiger partial charge in [0.2, 0.25) is 0 Å². The van der Waals surface area contributed by atoms with Crippen LogP contribution in [-0.4, -0.2) is 6.54 Å².